The number of nitrogen functional groups attached to an aromatic ring is 1. The molecular weight excluding hydrogens is 490 g/mol. The largest absolute Gasteiger partial charge is 0.388 e. The van der Waals surface area contributed by atoms with Crippen molar-refractivity contribution in [1.29, 1.82) is 0 Å². The summed E-state index contributed by atoms with van der Waals surface area (Å²) >= 11 is 0. The molecule has 4 N–H and O–H groups in total. The van der Waals surface area contributed by atoms with Crippen LogP contribution in [0.15, 0.2) is 48.8 Å². The Morgan fingerprint density at radius 1 is 1.11 bits per heavy atom. The Balaban J connectivity index is 0.00000164. The second-order valence-electron chi connectivity index (χ2n) is 8.91. The molecule has 0 saturated carbocycles. The maximum absolute atomic E-state index is 14.8. The van der Waals surface area contributed by atoms with Crippen molar-refractivity contribution in [3.05, 3.63) is 60.4 Å². The Bertz CT molecular complexity index is 1410. The van der Waals surface area contributed by atoms with E-state index in [1.165, 1.54) is 24.4 Å². The number of rotatable bonds is 6. The highest BCUT2D eigenvalue weighted by molar-refractivity contribution is 5.70. The van der Waals surface area contributed by atoms with E-state index in [1.54, 1.807) is 24.0 Å². The number of benzene rings is 1. The lowest BCUT2D eigenvalue weighted by molar-refractivity contribution is 0.0593. The number of β-amino-alcohol motifs (C(OH)–C–C–N with tert-alkyl or cyclic N) is 1. The second kappa shape index (κ2) is 11.1. The molecule has 1 aliphatic rings. The summed E-state index contributed by atoms with van der Waals surface area (Å²) in [5.74, 6) is -0.0272. The van der Waals surface area contributed by atoms with Crippen LogP contribution >= 0.6 is 0 Å². The van der Waals surface area contributed by atoms with Crippen molar-refractivity contribution in [2.75, 3.05) is 29.0 Å². The van der Waals surface area contributed by atoms with Gasteiger partial charge in [0.15, 0.2) is 17.5 Å². The fraction of sp³-hybridized carbons (Fsp3) is 0.333. The molecule has 0 radical (unpaired) electrons. The van der Waals surface area contributed by atoms with Gasteiger partial charge in [-0.3, -0.25) is 0 Å². The van der Waals surface area contributed by atoms with Crippen LogP contribution in [0.2, 0.25) is 0 Å². The first-order chi connectivity index (χ1) is 18.3. The summed E-state index contributed by atoms with van der Waals surface area (Å²) in [5.41, 5.74) is 6.10. The molecule has 0 amide bonds. The highest BCUT2D eigenvalue weighted by Gasteiger charge is 2.34. The van der Waals surface area contributed by atoms with Gasteiger partial charge in [-0.2, -0.15) is 4.98 Å². The lowest BCUT2D eigenvalue weighted by Crippen LogP contribution is -2.32. The van der Waals surface area contributed by atoms with Crippen LogP contribution < -0.4 is 16.0 Å². The zero-order valence-electron chi connectivity index (χ0n) is 21.9. The van der Waals surface area contributed by atoms with Crippen LogP contribution in [0.3, 0.4) is 0 Å². The lowest BCUT2D eigenvalue weighted by Gasteiger charge is -2.22. The molecule has 0 bridgehead atoms. The number of nitrogens with zero attached hydrogens (tertiary/aromatic N) is 6. The van der Waals surface area contributed by atoms with Crippen LogP contribution in [-0.4, -0.2) is 48.5 Å². The molecule has 0 aliphatic carbocycles. The smallest absolute Gasteiger partial charge is 0.225 e. The number of aliphatic hydroxyl groups is 1. The maximum atomic E-state index is 14.8. The third-order valence-corrected chi connectivity index (χ3v) is 6.52. The van der Waals surface area contributed by atoms with Crippen molar-refractivity contribution in [2.45, 2.75) is 39.2 Å². The standard InChI is InChI=1S/C25H26F2N8O.C2H6/c1-3-25(36)9-11-35(14-25)20-7-4-15(13-30-20)23-32-24(34(2)33-23)31-16-5-6-17(19(26)12-16)18-8-10-29-22(28)21(18)27;1-2/h4-8,10,12-13,36H,3,9,11,14H2,1-2H3,(H2,28,29)(H,31,32,33);1-2H3. The van der Waals surface area contributed by atoms with Gasteiger partial charge in [0.1, 0.15) is 11.6 Å². The molecule has 1 fully saturated rings. The van der Waals surface area contributed by atoms with Crippen LogP contribution in [0.25, 0.3) is 22.5 Å². The van der Waals surface area contributed by atoms with Gasteiger partial charge in [0, 0.05) is 54.9 Å². The van der Waals surface area contributed by atoms with Crippen molar-refractivity contribution in [2.24, 2.45) is 7.05 Å². The van der Waals surface area contributed by atoms with Gasteiger partial charge in [-0.25, -0.2) is 23.4 Å². The van der Waals surface area contributed by atoms with E-state index in [0.29, 0.717) is 30.4 Å². The van der Waals surface area contributed by atoms with E-state index in [1.807, 2.05) is 32.9 Å². The monoisotopic (exact) mass is 522 g/mol. The van der Waals surface area contributed by atoms with Gasteiger partial charge in [0.2, 0.25) is 5.95 Å². The first-order valence-corrected chi connectivity index (χ1v) is 12.6. The number of nitrogens with one attached hydrogen (secondary N) is 1. The molecule has 0 spiro atoms. The van der Waals surface area contributed by atoms with Crippen LogP contribution in [0.4, 0.5) is 32.1 Å². The molecule has 11 heteroatoms. The summed E-state index contributed by atoms with van der Waals surface area (Å²) < 4.78 is 30.6. The number of hydrogen-bond acceptors (Lipinski definition) is 8. The Morgan fingerprint density at radius 3 is 2.55 bits per heavy atom. The summed E-state index contributed by atoms with van der Waals surface area (Å²) in [6.07, 6.45) is 4.45. The van der Waals surface area contributed by atoms with Gasteiger partial charge >= 0.3 is 0 Å². The summed E-state index contributed by atoms with van der Waals surface area (Å²) in [7, 11) is 1.72. The molecule has 9 nitrogen and oxygen atoms in total. The summed E-state index contributed by atoms with van der Waals surface area (Å²) in [6.45, 7) is 7.30. The molecule has 1 aromatic carbocycles. The molecule has 1 unspecified atom stereocenters. The van der Waals surface area contributed by atoms with E-state index < -0.39 is 17.2 Å². The number of halogens is 2. The minimum Gasteiger partial charge on any atom is -0.388 e. The van der Waals surface area contributed by atoms with E-state index in [9.17, 15) is 13.9 Å². The van der Waals surface area contributed by atoms with Gasteiger partial charge in [0.05, 0.1) is 5.60 Å². The Labute approximate surface area is 220 Å². The van der Waals surface area contributed by atoms with E-state index in [4.69, 9.17) is 5.73 Å². The van der Waals surface area contributed by atoms with Crippen molar-refractivity contribution in [1.82, 2.24) is 24.7 Å². The molecule has 5 rings (SSSR count). The molecule has 1 atom stereocenters. The first-order valence-electron chi connectivity index (χ1n) is 12.6. The average Bonchev–Trinajstić information content (AvgIpc) is 3.50. The molecule has 200 valence electrons. The van der Waals surface area contributed by atoms with Crippen molar-refractivity contribution in [3.8, 4) is 22.5 Å². The predicted molar refractivity (Wildman–Crippen MR) is 145 cm³/mol. The van der Waals surface area contributed by atoms with E-state index in [0.717, 1.165) is 24.3 Å². The molecule has 3 aromatic heterocycles. The number of aryl methyl sites for hydroxylation is 1. The van der Waals surface area contributed by atoms with Crippen LogP contribution in [-0.2, 0) is 7.05 Å². The number of aromatic nitrogens is 5. The van der Waals surface area contributed by atoms with Crippen molar-refractivity contribution < 1.29 is 13.9 Å². The number of anilines is 4. The number of pyridine rings is 2. The number of nitrogens with two attached hydrogens (primary N) is 1. The minimum atomic E-state index is -0.763. The van der Waals surface area contributed by atoms with E-state index in [2.05, 4.69) is 30.3 Å². The summed E-state index contributed by atoms with van der Waals surface area (Å²) in [6, 6.07) is 9.48. The van der Waals surface area contributed by atoms with Crippen molar-refractivity contribution >= 4 is 23.3 Å². The summed E-state index contributed by atoms with van der Waals surface area (Å²) in [4.78, 5) is 14.8. The quantitative estimate of drug-likeness (QED) is 0.327. The van der Waals surface area contributed by atoms with Crippen LogP contribution in [0.1, 0.15) is 33.6 Å². The summed E-state index contributed by atoms with van der Waals surface area (Å²) in [5, 5.41) is 18.0. The third kappa shape index (κ3) is 5.42. The zero-order valence-corrected chi connectivity index (χ0v) is 21.9. The molecule has 1 saturated heterocycles. The van der Waals surface area contributed by atoms with Gasteiger partial charge in [0.25, 0.3) is 0 Å². The van der Waals surface area contributed by atoms with Crippen LogP contribution in [0, 0.1) is 11.6 Å². The van der Waals surface area contributed by atoms with Gasteiger partial charge in [-0.1, -0.05) is 20.8 Å². The number of hydrogen-bond donors (Lipinski definition) is 3. The molecular formula is C27H32F2N8O. The zero-order chi connectivity index (χ0) is 27.4. The first kappa shape index (κ1) is 26.9. The Hall–Kier alpha value is -4.12. The molecule has 1 aliphatic heterocycles. The van der Waals surface area contributed by atoms with Gasteiger partial charge in [-0.05, 0) is 49.2 Å². The van der Waals surface area contributed by atoms with E-state index in [-0.39, 0.29) is 16.9 Å². The average molecular weight is 523 g/mol. The Kier molecular flexibility index (Phi) is 7.86. The fourth-order valence-electron chi connectivity index (χ4n) is 4.27. The van der Waals surface area contributed by atoms with Gasteiger partial charge < -0.3 is 21.1 Å². The van der Waals surface area contributed by atoms with Gasteiger partial charge in [-0.15, -0.1) is 5.10 Å². The van der Waals surface area contributed by atoms with E-state index >= 15 is 0 Å². The highest BCUT2D eigenvalue weighted by Crippen LogP contribution is 2.31. The lowest BCUT2D eigenvalue weighted by atomic mass is 10.0. The molecule has 38 heavy (non-hydrogen) atoms. The Morgan fingerprint density at radius 2 is 1.89 bits per heavy atom. The fourth-order valence-corrected chi connectivity index (χ4v) is 4.27. The van der Waals surface area contributed by atoms with Crippen LogP contribution in [0.5, 0.6) is 0 Å². The second-order valence-corrected chi connectivity index (χ2v) is 8.91. The molecule has 4 aromatic rings. The minimum absolute atomic E-state index is 0.0387. The highest BCUT2D eigenvalue weighted by atomic mass is 19.1. The molecule has 4 heterocycles. The third-order valence-electron chi connectivity index (χ3n) is 6.52. The SMILES string of the molecule is CC.CCC1(O)CCN(c2ccc(-c3nc(Nc4ccc(-c5ccnc(N)c5F)c(F)c4)n(C)n3)cn2)C1. The predicted octanol–water partition coefficient (Wildman–Crippen LogP) is 4.92. The normalized spacial score (nSPS) is 16.8. The van der Waals surface area contributed by atoms with Crippen molar-refractivity contribution in [3.63, 3.8) is 0 Å². The maximum Gasteiger partial charge on any atom is 0.225 e. The topological polar surface area (TPSA) is 118 Å².